The van der Waals surface area contributed by atoms with E-state index in [0.717, 1.165) is 5.56 Å². The molecule has 10 heteroatoms. The minimum Gasteiger partial charge on any atom is -0.387 e. The fraction of sp³-hybridized carbons (Fsp3) is 0.353. The number of aliphatic hydroxyl groups is 2. The van der Waals surface area contributed by atoms with Gasteiger partial charge in [0, 0.05) is 16.5 Å². The molecule has 0 amide bonds. The molecule has 1 aromatic carbocycles. The topological polar surface area (TPSA) is 119 Å². The number of anilines is 1. The number of hydrogen-bond donors (Lipinski definition) is 3. The summed E-state index contributed by atoms with van der Waals surface area (Å²) < 4.78 is 7.48. The summed E-state index contributed by atoms with van der Waals surface area (Å²) in [5.74, 6) is 1.44. The molecule has 4 rings (SSSR count). The molecule has 1 saturated heterocycles. The largest absolute Gasteiger partial charge is 0.387 e. The van der Waals surface area contributed by atoms with Gasteiger partial charge in [0.05, 0.1) is 12.4 Å². The Hall–Kier alpha value is -1.91. The monoisotopic (exact) mass is 407 g/mol. The zero-order valence-corrected chi connectivity index (χ0v) is 15.7. The van der Waals surface area contributed by atoms with Gasteiger partial charge in [0.2, 0.25) is 0 Å². The first-order valence-electron chi connectivity index (χ1n) is 8.32. The van der Waals surface area contributed by atoms with Crippen LogP contribution in [0.2, 0.25) is 5.02 Å². The van der Waals surface area contributed by atoms with Crippen LogP contribution >= 0.6 is 23.4 Å². The highest BCUT2D eigenvalue weighted by Gasteiger charge is 2.44. The van der Waals surface area contributed by atoms with Crippen molar-refractivity contribution in [3.05, 3.63) is 47.5 Å². The summed E-state index contributed by atoms with van der Waals surface area (Å²) >= 11 is 7.74. The van der Waals surface area contributed by atoms with Gasteiger partial charge < -0.3 is 20.7 Å². The molecule has 27 heavy (non-hydrogen) atoms. The van der Waals surface area contributed by atoms with Crippen LogP contribution in [-0.4, -0.2) is 53.8 Å². The number of fused-ring (bicyclic) bond motifs is 1. The van der Waals surface area contributed by atoms with Crippen LogP contribution in [0.3, 0.4) is 0 Å². The van der Waals surface area contributed by atoms with Crippen molar-refractivity contribution in [2.24, 2.45) is 0 Å². The van der Waals surface area contributed by atoms with Gasteiger partial charge in [-0.3, -0.25) is 4.57 Å². The SMILES string of the molecule is Nc1ncnc2c1ncn2C1O[C@H](CSCc2ccccc2Cl)[C@@H](O)[C@H]1O. The van der Waals surface area contributed by atoms with E-state index >= 15 is 0 Å². The van der Waals surface area contributed by atoms with Crippen LogP contribution in [-0.2, 0) is 10.5 Å². The first kappa shape index (κ1) is 18.5. The van der Waals surface area contributed by atoms with Crippen LogP contribution in [0.15, 0.2) is 36.9 Å². The summed E-state index contributed by atoms with van der Waals surface area (Å²) in [6.07, 6.45) is -0.658. The summed E-state index contributed by atoms with van der Waals surface area (Å²) in [4.78, 5) is 12.2. The molecule has 0 saturated carbocycles. The predicted octanol–water partition coefficient (Wildman–Crippen LogP) is 1.61. The summed E-state index contributed by atoms with van der Waals surface area (Å²) in [6, 6.07) is 7.61. The molecule has 2 aromatic heterocycles. The molecule has 8 nitrogen and oxygen atoms in total. The minimum atomic E-state index is -1.11. The molecule has 0 spiro atoms. The maximum atomic E-state index is 10.5. The quantitative estimate of drug-likeness (QED) is 0.583. The fourth-order valence-corrected chi connectivity index (χ4v) is 4.43. The van der Waals surface area contributed by atoms with E-state index < -0.39 is 24.5 Å². The number of ether oxygens (including phenoxy) is 1. The standard InChI is InChI=1S/C17H18ClN5O3S/c18-10-4-2-1-3-9(10)5-27-6-11-13(24)14(25)17(26-11)23-8-22-12-15(19)20-7-21-16(12)23/h1-4,7-8,11,13-14,17,24-25H,5-6H2,(H2,19,20,21)/t11-,13-,14-,17?/m1/s1. The van der Waals surface area contributed by atoms with Crippen molar-refractivity contribution in [1.29, 1.82) is 0 Å². The third-order valence-corrected chi connectivity index (χ3v) is 5.94. The molecule has 0 bridgehead atoms. The van der Waals surface area contributed by atoms with Gasteiger partial charge in [-0.05, 0) is 11.6 Å². The van der Waals surface area contributed by atoms with Crippen LogP contribution < -0.4 is 5.73 Å². The van der Waals surface area contributed by atoms with Crippen molar-refractivity contribution in [2.75, 3.05) is 11.5 Å². The van der Waals surface area contributed by atoms with Crippen LogP contribution in [0, 0.1) is 0 Å². The number of nitrogens with zero attached hydrogens (tertiary/aromatic N) is 4. The number of nitrogens with two attached hydrogens (primary N) is 1. The highest BCUT2D eigenvalue weighted by Crippen LogP contribution is 2.34. The Morgan fingerprint density at radius 3 is 2.81 bits per heavy atom. The van der Waals surface area contributed by atoms with Crippen molar-refractivity contribution < 1.29 is 14.9 Å². The van der Waals surface area contributed by atoms with Crippen molar-refractivity contribution in [3.63, 3.8) is 0 Å². The normalized spacial score (nSPS) is 25.3. The first-order chi connectivity index (χ1) is 13.1. The third kappa shape index (κ3) is 3.48. The summed E-state index contributed by atoms with van der Waals surface area (Å²) in [5.41, 5.74) is 7.69. The summed E-state index contributed by atoms with van der Waals surface area (Å²) in [6.45, 7) is 0. The first-order valence-corrected chi connectivity index (χ1v) is 9.85. The molecule has 3 aromatic rings. The van der Waals surface area contributed by atoms with Crippen LogP contribution in [0.25, 0.3) is 11.2 Å². The molecule has 1 unspecified atom stereocenters. The molecule has 1 aliphatic heterocycles. The van der Waals surface area contributed by atoms with Crippen molar-refractivity contribution in [1.82, 2.24) is 19.5 Å². The second-order valence-electron chi connectivity index (χ2n) is 6.24. The van der Waals surface area contributed by atoms with Crippen molar-refractivity contribution >= 4 is 40.3 Å². The van der Waals surface area contributed by atoms with Crippen LogP contribution in [0.5, 0.6) is 0 Å². The highest BCUT2D eigenvalue weighted by atomic mass is 35.5. The van der Waals surface area contributed by atoms with E-state index in [1.807, 2.05) is 24.3 Å². The molecule has 1 fully saturated rings. The second-order valence-corrected chi connectivity index (χ2v) is 7.67. The van der Waals surface area contributed by atoms with Crippen LogP contribution in [0.1, 0.15) is 11.8 Å². The van der Waals surface area contributed by atoms with Gasteiger partial charge in [-0.1, -0.05) is 29.8 Å². The number of imidazole rings is 1. The van der Waals surface area contributed by atoms with E-state index in [1.165, 1.54) is 12.7 Å². The van der Waals surface area contributed by atoms with E-state index in [1.54, 1.807) is 16.3 Å². The van der Waals surface area contributed by atoms with Gasteiger partial charge in [0.1, 0.15) is 24.1 Å². The van der Waals surface area contributed by atoms with Gasteiger partial charge in [-0.2, -0.15) is 11.8 Å². The summed E-state index contributed by atoms with van der Waals surface area (Å²) in [5, 5.41) is 21.6. The molecular weight excluding hydrogens is 390 g/mol. The minimum absolute atomic E-state index is 0.249. The Morgan fingerprint density at radius 1 is 1.19 bits per heavy atom. The Balaban J connectivity index is 1.46. The maximum Gasteiger partial charge on any atom is 0.167 e. The van der Waals surface area contributed by atoms with E-state index in [2.05, 4.69) is 15.0 Å². The Bertz CT molecular complexity index is 955. The Labute approximate surface area is 164 Å². The average Bonchev–Trinajstić information content (AvgIpc) is 3.21. The van der Waals surface area contributed by atoms with Crippen molar-refractivity contribution in [3.8, 4) is 0 Å². The van der Waals surface area contributed by atoms with Gasteiger partial charge in [0.15, 0.2) is 17.7 Å². The van der Waals surface area contributed by atoms with Crippen LogP contribution in [0.4, 0.5) is 5.82 Å². The third-order valence-electron chi connectivity index (χ3n) is 4.50. The van der Waals surface area contributed by atoms with E-state index in [-0.39, 0.29) is 5.82 Å². The molecule has 0 aliphatic carbocycles. The fourth-order valence-electron chi connectivity index (χ4n) is 3.05. The van der Waals surface area contributed by atoms with E-state index in [0.29, 0.717) is 27.7 Å². The van der Waals surface area contributed by atoms with Gasteiger partial charge in [0.25, 0.3) is 0 Å². The lowest BCUT2D eigenvalue weighted by atomic mass is 10.1. The molecule has 4 N–H and O–H groups in total. The number of benzene rings is 1. The number of rotatable bonds is 5. The number of nitrogen functional groups attached to an aromatic ring is 1. The highest BCUT2D eigenvalue weighted by molar-refractivity contribution is 7.98. The van der Waals surface area contributed by atoms with Gasteiger partial charge in [-0.25, -0.2) is 15.0 Å². The zero-order valence-electron chi connectivity index (χ0n) is 14.1. The smallest absolute Gasteiger partial charge is 0.167 e. The van der Waals surface area contributed by atoms with Crippen molar-refractivity contribution in [2.45, 2.75) is 30.3 Å². The maximum absolute atomic E-state index is 10.5. The predicted molar refractivity (Wildman–Crippen MR) is 103 cm³/mol. The Morgan fingerprint density at radius 2 is 2.00 bits per heavy atom. The second kappa shape index (κ2) is 7.61. The lowest BCUT2D eigenvalue weighted by Crippen LogP contribution is -2.32. The summed E-state index contributed by atoms with van der Waals surface area (Å²) in [7, 11) is 0. The number of halogens is 1. The van der Waals surface area contributed by atoms with E-state index in [9.17, 15) is 10.2 Å². The molecule has 4 atom stereocenters. The molecular formula is C17H18ClN5O3S. The number of aliphatic hydroxyl groups excluding tert-OH is 2. The number of hydrogen-bond acceptors (Lipinski definition) is 8. The zero-order chi connectivity index (χ0) is 19.0. The molecule has 3 heterocycles. The number of thioether (sulfide) groups is 1. The lowest BCUT2D eigenvalue weighted by Gasteiger charge is -2.16. The van der Waals surface area contributed by atoms with E-state index in [4.69, 9.17) is 22.1 Å². The molecule has 1 aliphatic rings. The van der Waals surface area contributed by atoms with Gasteiger partial charge in [-0.15, -0.1) is 0 Å². The lowest BCUT2D eigenvalue weighted by molar-refractivity contribution is -0.0289. The molecule has 142 valence electrons. The van der Waals surface area contributed by atoms with Gasteiger partial charge >= 0.3 is 0 Å². The average molecular weight is 408 g/mol. The molecule has 0 radical (unpaired) electrons. The number of aromatic nitrogens is 4. The Kier molecular flexibility index (Phi) is 5.20.